The van der Waals surface area contributed by atoms with Crippen LogP contribution in [-0.4, -0.2) is 15.7 Å². The van der Waals surface area contributed by atoms with Gasteiger partial charge in [-0.3, -0.25) is 9.48 Å². The Hall–Kier alpha value is -1.78. The molecule has 0 atom stereocenters. The molecule has 6 heteroatoms. The fourth-order valence-electron chi connectivity index (χ4n) is 2.62. The molecule has 4 nitrogen and oxygen atoms in total. The molecule has 2 rings (SSSR count). The van der Waals surface area contributed by atoms with E-state index in [2.05, 4.69) is 24.3 Å². The highest BCUT2D eigenvalue weighted by molar-refractivity contribution is 6.34. The number of hydrogen-bond acceptors (Lipinski definition) is 2. The van der Waals surface area contributed by atoms with Gasteiger partial charge in [-0.1, -0.05) is 43.1 Å². The largest absolute Gasteiger partial charge is 0.321 e. The molecule has 0 bridgehead atoms. The topological polar surface area (TPSA) is 46.9 Å². The molecule has 0 aliphatic carbocycles. The maximum atomic E-state index is 12.3. The molecule has 0 spiro atoms. The lowest BCUT2D eigenvalue weighted by Gasteiger charge is -2.10. The van der Waals surface area contributed by atoms with Crippen molar-refractivity contribution >= 4 is 40.9 Å². The summed E-state index contributed by atoms with van der Waals surface area (Å²) < 4.78 is 1.76. The highest BCUT2D eigenvalue weighted by atomic mass is 35.5. The first kappa shape index (κ1) is 19.5. The van der Waals surface area contributed by atoms with Crippen molar-refractivity contribution in [3.05, 3.63) is 50.8 Å². The van der Waals surface area contributed by atoms with Gasteiger partial charge >= 0.3 is 0 Å². The summed E-state index contributed by atoms with van der Waals surface area (Å²) in [5, 5.41) is 8.32. The SMILES string of the molecule is Cc1cc(C)c(NC(=O)/C=C/c2c(C)nn(CC(C)C)c2Cl)c(Cl)c1. The van der Waals surface area contributed by atoms with E-state index in [0.29, 0.717) is 21.8 Å². The van der Waals surface area contributed by atoms with E-state index in [1.54, 1.807) is 10.8 Å². The van der Waals surface area contributed by atoms with Gasteiger partial charge in [0, 0.05) is 18.2 Å². The summed E-state index contributed by atoms with van der Waals surface area (Å²) in [4.78, 5) is 12.3. The molecule has 25 heavy (non-hydrogen) atoms. The van der Waals surface area contributed by atoms with Crippen LogP contribution in [0.3, 0.4) is 0 Å². The van der Waals surface area contributed by atoms with Crippen LogP contribution < -0.4 is 5.32 Å². The molecule has 1 aromatic carbocycles. The van der Waals surface area contributed by atoms with Crippen LogP contribution in [0.5, 0.6) is 0 Å². The second-order valence-electron chi connectivity index (χ2n) is 6.63. The highest BCUT2D eigenvalue weighted by Crippen LogP contribution is 2.27. The minimum Gasteiger partial charge on any atom is -0.321 e. The number of halogens is 2. The number of aromatic nitrogens is 2. The quantitative estimate of drug-likeness (QED) is 0.704. The smallest absolute Gasteiger partial charge is 0.248 e. The van der Waals surface area contributed by atoms with Gasteiger partial charge in [0.1, 0.15) is 5.15 Å². The van der Waals surface area contributed by atoms with Crippen LogP contribution in [0.4, 0.5) is 5.69 Å². The summed E-state index contributed by atoms with van der Waals surface area (Å²) in [6.45, 7) is 10.7. The molecule has 0 aliphatic rings. The molecular weight excluding hydrogens is 357 g/mol. The number of aryl methyl sites for hydroxylation is 3. The fraction of sp³-hybridized carbons (Fsp3) is 0.368. The predicted octanol–water partition coefficient (Wildman–Crippen LogP) is 5.42. The molecule has 1 N–H and O–H groups in total. The first-order chi connectivity index (χ1) is 11.7. The molecular formula is C19H23Cl2N3O. The molecule has 0 radical (unpaired) electrons. The van der Waals surface area contributed by atoms with Crippen LogP contribution >= 0.6 is 23.2 Å². The van der Waals surface area contributed by atoms with Gasteiger partial charge in [0.15, 0.2) is 0 Å². The van der Waals surface area contributed by atoms with Crippen molar-refractivity contribution in [3.63, 3.8) is 0 Å². The Kier molecular flexibility index (Phi) is 6.31. The average molecular weight is 380 g/mol. The van der Waals surface area contributed by atoms with E-state index >= 15 is 0 Å². The van der Waals surface area contributed by atoms with Gasteiger partial charge in [0.2, 0.25) is 5.91 Å². The predicted molar refractivity (Wildman–Crippen MR) is 105 cm³/mol. The van der Waals surface area contributed by atoms with Gasteiger partial charge in [-0.25, -0.2) is 0 Å². The normalized spacial score (nSPS) is 11.5. The molecule has 1 aromatic heterocycles. The van der Waals surface area contributed by atoms with Crippen LogP contribution in [0.25, 0.3) is 6.08 Å². The van der Waals surface area contributed by atoms with Crippen LogP contribution in [0, 0.1) is 26.7 Å². The third-order valence-electron chi connectivity index (χ3n) is 3.73. The van der Waals surface area contributed by atoms with Crippen LogP contribution in [-0.2, 0) is 11.3 Å². The molecule has 0 saturated carbocycles. The lowest BCUT2D eigenvalue weighted by atomic mass is 10.1. The van der Waals surface area contributed by atoms with Crippen LogP contribution in [0.1, 0.15) is 36.2 Å². The molecule has 1 amide bonds. The number of nitrogens with zero attached hydrogens (tertiary/aromatic N) is 2. The van der Waals surface area contributed by atoms with Crippen molar-refractivity contribution in [2.75, 3.05) is 5.32 Å². The zero-order valence-electron chi connectivity index (χ0n) is 15.2. The van der Waals surface area contributed by atoms with Crippen molar-refractivity contribution in [2.45, 2.75) is 41.2 Å². The Morgan fingerprint density at radius 1 is 1.28 bits per heavy atom. The molecule has 2 aromatic rings. The van der Waals surface area contributed by atoms with E-state index in [9.17, 15) is 4.79 Å². The number of benzene rings is 1. The fourth-order valence-corrected chi connectivity index (χ4v) is 3.30. The number of carbonyl (C=O) groups excluding carboxylic acids is 1. The molecule has 0 fully saturated rings. The van der Waals surface area contributed by atoms with Gasteiger partial charge in [-0.05, 0) is 50.0 Å². The Bertz CT molecular complexity index is 799. The maximum Gasteiger partial charge on any atom is 0.248 e. The van der Waals surface area contributed by atoms with Crippen molar-refractivity contribution in [1.82, 2.24) is 9.78 Å². The number of anilines is 1. The summed E-state index contributed by atoms with van der Waals surface area (Å²) in [5.74, 6) is 0.171. The second-order valence-corrected chi connectivity index (χ2v) is 7.39. The van der Waals surface area contributed by atoms with Gasteiger partial charge in [-0.2, -0.15) is 5.10 Å². The van der Waals surface area contributed by atoms with E-state index in [4.69, 9.17) is 23.2 Å². The Labute approximate surface area is 158 Å². The Morgan fingerprint density at radius 2 is 1.96 bits per heavy atom. The molecule has 0 unspecified atom stereocenters. The third-order valence-corrected chi connectivity index (χ3v) is 4.43. The zero-order chi connectivity index (χ0) is 18.7. The zero-order valence-corrected chi connectivity index (χ0v) is 16.7. The minimum atomic E-state index is -0.263. The van der Waals surface area contributed by atoms with Gasteiger partial charge in [0.25, 0.3) is 0 Å². The average Bonchev–Trinajstić information content (AvgIpc) is 2.74. The van der Waals surface area contributed by atoms with Gasteiger partial charge in [-0.15, -0.1) is 0 Å². The van der Waals surface area contributed by atoms with E-state index in [-0.39, 0.29) is 5.91 Å². The monoisotopic (exact) mass is 379 g/mol. The van der Waals surface area contributed by atoms with E-state index < -0.39 is 0 Å². The van der Waals surface area contributed by atoms with Gasteiger partial charge < -0.3 is 5.32 Å². The van der Waals surface area contributed by atoms with Gasteiger partial charge in [0.05, 0.1) is 16.4 Å². The molecule has 1 heterocycles. The molecule has 134 valence electrons. The number of carbonyl (C=O) groups is 1. The first-order valence-corrected chi connectivity index (χ1v) is 8.93. The van der Waals surface area contributed by atoms with Crippen molar-refractivity contribution in [3.8, 4) is 0 Å². The number of hydrogen-bond donors (Lipinski definition) is 1. The first-order valence-electron chi connectivity index (χ1n) is 8.17. The second kappa shape index (κ2) is 8.07. The lowest BCUT2D eigenvalue weighted by molar-refractivity contribution is -0.111. The summed E-state index contributed by atoms with van der Waals surface area (Å²) >= 11 is 12.6. The molecule has 0 aliphatic heterocycles. The van der Waals surface area contributed by atoms with E-state index in [0.717, 1.165) is 28.9 Å². The maximum absolute atomic E-state index is 12.3. The van der Waals surface area contributed by atoms with E-state index in [1.807, 2.05) is 32.9 Å². The number of rotatable bonds is 5. The minimum absolute atomic E-state index is 0.263. The van der Waals surface area contributed by atoms with E-state index in [1.165, 1.54) is 6.08 Å². The van der Waals surface area contributed by atoms with Crippen molar-refractivity contribution in [2.24, 2.45) is 5.92 Å². The third kappa shape index (κ3) is 4.86. The van der Waals surface area contributed by atoms with Crippen molar-refractivity contribution < 1.29 is 4.79 Å². The summed E-state index contributed by atoms with van der Waals surface area (Å²) in [7, 11) is 0. The summed E-state index contributed by atoms with van der Waals surface area (Å²) in [5.41, 5.74) is 4.14. The Balaban J connectivity index is 2.18. The standard InChI is InChI=1S/C19H23Cl2N3O/c1-11(2)10-24-19(21)15(14(5)23-24)6-7-17(25)22-18-13(4)8-12(3)9-16(18)20/h6-9,11H,10H2,1-5H3,(H,22,25)/b7-6+. The number of nitrogens with one attached hydrogen (secondary N) is 1. The van der Waals surface area contributed by atoms with Crippen LogP contribution in [0.15, 0.2) is 18.2 Å². The Morgan fingerprint density at radius 3 is 2.56 bits per heavy atom. The summed E-state index contributed by atoms with van der Waals surface area (Å²) in [6.07, 6.45) is 3.14. The van der Waals surface area contributed by atoms with Crippen molar-refractivity contribution in [1.29, 1.82) is 0 Å². The number of amides is 1. The summed E-state index contributed by atoms with van der Waals surface area (Å²) in [6, 6.07) is 3.80. The lowest BCUT2D eigenvalue weighted by Crippen LogP contribution is -2.09. The molecule has 0 saturated heterocycles. The van der Waals surface area contributed by atoms with Crippen LogP contribution in [0.2, 0.25) is 10.2 Å². The highest BCUT2D eigenvalue weighted by Gasteiger charge is 2.13.